The predicted octanol–water partition coefficient (Wildman–Crippen LogP) is 4.34. The smallest absolute Gasteiger partial charge is 0.186 e. The molecule has 1 aromatic heterocycles. The van der Waals surface area contributed by atoms with Crippen molar-refractivity contribution < 1.29 is 14.3 Å². The Kier molecular flexibility index (Phi) is 5.07. The van der Waals surface area contributed by atoms with E-state index in [1.807, 2.05) is 11.4 Å². The summed E-state index contributed by atoms with van der Waals surface area (Å²) in [5.74, 6) is 0.552. The number of Topliss-reactive ketones (excluding diaryl/α,β-unsaturated/α-hetero) is 1. The third-order valence-electron chi connectivity index (χ3n) is 3.48. The number of hydrogen-bond donors (Lipinski definition) is 1. The van der Waals surface area contributed by atoms with Crippen LogP contribution in [0.15, 0.2) is 33.1 Å². The summed E-state index contributed by atoms with van der Waals surface area (Å²) in [6.07, 6.45) is 3.40. The van der Waals surface area contributed by atoms with Gasteiger partial charge in [-0.15, -0.1) is 11.3 Å². The van der Waals surface area contributed by atoms with E-state index in [2.05, 4.69) is 20.9 Å². The molecular weight excluding hydrogens is 412 g/mol. The topological polar surface area (TPSA) is 72.3 Å². The van der Waals surface area contributed by atoms with Crippen molar-refractivity contribution in [1.82, 2.24) is 4.98 Å². The van der Waals surface area contributed by atoms with E-state index >= 15 is 0 Å². The molecule has 24 heavy (non-hydrogen) atoms. The Labute approximate surface area is 155 Å². The Morgan fingerprint density at radius 1 is 1.29 bits per heavy atom. The van der Waals surface area contributed by atoms with Crippen LogP contribution in [0, 0.1) is 5.41 Å². The maximum absolute atomic E-state index is 12.7. The molecule has 2 heterocycles. The summed E-state index contributed by atoms with van der Waals surface area (Å²) in [4.78, 5) is 17.4. The Morgan fingerprint density at radius 3 is 2.67 bits per heavy atom. The molecule has 1 atom stereocenters. The van der Waals surface area contributed by atoms with E-state index in [1.165, 1.54) is 23.1 Å². The number of carbonyl (C=O) groups excluding carboxylic acids is 1. The van der Waals surface area contributed by atoms with Gasteiger partial charge in [-0.3, -0.25) is 10.2 Å². The summed E-state index contributed by atoms with van der Waals surface area (Å²) in [5.41, 5.74) is 0.744. The molecule has 1 fully saturated rings. The molecule has 1 saturated heterocycles. The number of thioether (sulfide) groups is 1. The number of nitrogens with one attached hydrogen (secondary N) is 1. The van der Waals surface area contributed by atoms with E-state index in [0.717, 1.165) is 10.0 Å². The average Bonchev–Trinajstić information content (AvgIpc) is 3.16. The monoisotopic (exact) mass is 424 g/mol. The van der Waals surface area contributed by atoms with Crippen LogP contribution in [0.4, 0.5) is 0 Å². The Hall–Kier alpha value is -1.64. The first-order chi connectivity index (χ1) is 11.5. The number of carbonyl (C=O) groups is 1. The standard InChI is InChI=1S/C16H13BrN2O3S2/c1-21-10-7-11(22-2)9(17)5-8(10)6-12-14(20)13(15(18)24-12)16-19-3-4-23-16/h3-7,13,18H,1-2H3/b12-6-,18-15?/t13-/m0/s1. The first-order valence-electron chi connectivity index (χ1n) is 6.88. The van der Waals surface area contributed by atoms with Gasteiger partial charge in [0.25, 0.3) is 0 Å². The first kappa shape index (κ1) is 17.2. The number of thiazole rings is 1. The molecule has 1 aliphatic rings. The van der Waals surface area contributed by atoms with Crippen molar-refractivity contribution in [1.29, 1.82) is 5.41 Å². The molecule has 124 valence electrons. The number of nitrogens with zero attached hydrogens (tertiary/aromatic N) is 1. The molecule has 8 heteroatoms. The SMILES string of the molecule is COc1cc(OC)c(/C=C2\SC(=N)[C@@H](c3nccs3)C2=O)cc1Br. The van der Waals surface area contributed by atoms with Gasteiger partial charge in [-0.2, -0.15) is 0 Å². The summed E-state index contributed by atoms with van der Waals surface area (Å²) in [6.45, 7) is 0. The maximum atomic E-state index is 12.7. The molecule has 0 saturated carbocycles. The maximum Gasteiger partial charge on any atom is 0.186 e. The first-order valence-corrected chi connectivity index (χ1v) is 9.37. The minimum absolute atomic E-state index is 0.103. The lowest BCUT2D eigenvalue weighted by Crippen LogP contribution is -2.11. The molecule has 1 N–H and O–H groups in total. The molecule has 2 aromatic rings. The molecular formula is C16H13BrN2O3S2. The van der Waals surface area contributed by atoms with Gasteiger partial charge in [0.15, 0.2) is 5.78 Å². The quantitative estimate of drug-likeness (QED) is 0.738. The second-order valence-electron chi connectivity index (χ2n) is 4.87. The molecule has 0 unspecified atom stereocenters. The van der Waals surface area contributed by atoms with Crippen LogP contribution in [-0.2, 0) is 4.79 Å². The number of aromatic nitrogens is 1. The zero-order chi connectivity index (χ0) is 17.3. The second kappa shape index (κ2) is 7.08. The van der Waals surface area contributed by atoms with Gasteiger partial charge < -0.3 is 9.47 Å². The molecule has 5 nitrogen and oxygen atoms in total. The van der Waals surface area contributed by atoms with Crippen molar-refractivity contribution in [3.8, 4) is 11.5 Å². The van der Waals surface area contributed by atoms with E-state index in [0.29, 0.717) is 26.5 Å². The highest BCUT2D eigenvalue weighted by Gasteiger charge is 2.38. The van der Waals surface area contributed by atoms with Crippen LogP contribution in [-0.4, -0.2) is 30.0 Å². The number of ketones is 1. The summed E-state index contributed by atoms with van der Waals surface area (Å²) < 4.78 is 11.4. The second-order valence-corrected chi connectivity index (χ2v) is 7.74. The number of rotatable bonds is 4. The fraction of sp³-hybridized carbons (Fsp3) is 0.188. The van der Waals surface area contributed by atoms with Crippen molar-refractivity contribution in [3.63, 3.8) is 0 Å². The lowest BCUT2D eigenvalue weighted by molar-refractivity contribution is -0.114. The van der Waals surface area contributed by atoms with Crippen LogP contribution in [0.1, 0.15) is 16.5 Å². The predicted molar refractivity (Wildman–Crippen MR) is 100 cm³/mol. The van der Waals surface area contributed by atoms with E-state index in [9.17, 15) is 4.79 Å². The molecule has 0 amide bonds. The van der Waals surface area contributed by atoms with Crippen LogP contribution >= 0.6 is 39.0 Å². The van der Waals surface area contributed by atoms with Crippen molar-refractivity contribution in [2.45, 2.75) is 5.92 Å². The number of benzene rings is 1. The largest absolute Gasteiger partial charge is 0.496 e. The zero-order valence-corrected chi connectivity index (χ0v) is 16.0. The fourth-order valence-corrected chi connectivity index (χ4v) is 4.65. The number of methoxy groups -OCH3 is 2. The minimum Gasteiger partial charge on any atom is -0.496 e. The van der Waals surface area contributed by atoms with Crippen molar-refractivity contribution >= 4 is 55.9 Å². The molecule has 0 bridgehead atoms. The fourth-order valence-electron chi connectivity index (χ4n) is 2.33. The molecule has 1 aliphatic heterocycles. The van der Waals surface area contributed by atoms with Crippen molar-refractivity contribution in [3.05, 3.63) is 43.7 Å². The third-order valence-corrected chi connectivity index (χ3v) is 5.93. The molecule has 0 aliphatic carbocycles. The van der Waals surface area contributed by atoms with Gasteiger partial charge in [0.05, 0.1) is 28.6 Å². The normalized spacial score (nSPS) is 19.1. The molecule has 1 aromatic carbocycles. The summed E-state index contributed by atoms with van der Waals surface area (Å²) >= 11 is 6.00. The minimum atomic E-state index is -0.589. The highest BCUT2D eigenvalue weighted by molar-refractivity contribution is 9.10. The zero-order valence-electron chi connectivity index (χ0n) is 12.8. The highest BCUT2D eigenvalue weighted by Crippen LogP contribution is 2.42. The number of ether oxygens (including phenoxy) is 2. The van der Waals surface area contributed by atoms with Gasteiger partial charge in [0, 0.05) is 23.2 Å². The summed E-state index contributed by atoms with van der Waals surface area (Å²) in [6, 6.07) is 3.59. The van der Waals surface area contributed by atoms with Gasteiger partial charge in [-0.05, 0) is 28.1 Å². The molecule has 0 spiro atoms. The van der Waals surface area contributed by atoms with E-state index in [4.69, 9.17) is 14.9 Å². The highest BCUT2D eigenvalue weighted by atomic mass is 79.9. The van der Waals surface area contributed by atoms with Gasteiger partial charge in [0.2, 0.25) is 0 Å². The van der Waals surface area contributed by atoms with E-state index in [-0.39, 0.29) is 5.78 Å². The van der Waals surface area contributed by atoms with Gasteiger partial charge in [-0.1, -0.05) is 11.8 Å². The van der Waals surface area contributed by atoms with Crippen LogP contribution in [0.25, 0.3) is 6.08 Å². The third kappa shape index (κ3) is 3.13. The Morgan fingerprint density at radius 2 is 2.04 bits per heavy atom. The molecule has 0 radical (unpaired) electrons. The van der Waals surface area contributed by atoms with Crippen LogP contribution in [0.2, 0.25) is 0 Å². The van der Waals surface area contributed by atoms with Gasteiger partial charge in [-0.25, -0.2) is 4.98 Å². The van der Waals surface area contributed by atoms with Crippen molar-refractivity contribution in [2.24, 2.45) is 0 Å². The van der Waals surface area contributed by atoms with Crippen molar-refractivity contribution in [2.75, 3.05) is 14.2 Å². The van der Waals surface area contributed by atoms with E-state index in [1.54, 1.807) is 32.6 Å². The number of hydrogen-bond acceptors (Lipinski definition) is 7. The lowest BCUT2D eigenvalue weighted by Gasteiger charge is -2.10. The number of halogens is 1. The van der Waals surface area contributed by atoms with Gasteiger partial charge in [0.1, 0.15) is 22.4 Å². The Balaban J connectivity index is 1.99. The summed E-state index contributed by atoms with van der Waals surface area (Å²) in [5, 5.41) is 10.9. The lowest BCUT2D eigenvalue weighted by atomic mass is 10.0. The number of allylic oxidation sites excluding steroid dienone is 1. The van der Waals surface area contributed by atoms with Crippen LogP contribution < -0.4 is 9.47 Å². The Bertz CT molecular complexity index is 834. The summed E-state index contributed by atoms with van der Waals surface area (Å²) in [7, 11) is 3.14. The molecule has 3 rings (SSSR count). The van der Waals surface area contributed by atoms with E-state index < -0.39 is 5.92 Å². The van der Waals surface area contributed by atoms with Crippen LogP contribution in [0.3, 0.4) is 0 Å². The van der Waals surface area contributed by atoms with Crippen LogP contribution in [0.5, 0.6) is 11.5 Å². The average molecular weight is 425 g/mol. The van der Waals surface area contributed by atoms with Gasteiger partial charge >= 0.3 is 0 Å².